The Morgan fingerprint density at radius 2 is 2.31 bits per heavy atom. The lowest BCUT2D eigenvalue weighted by Gasteiger charge is -2.03. The van der Waals surface area contributed by atoms with Crippen LogP contribution >= 0.6 is 15.9 Å². The summed E-state index contributed by atoms with van der Waals surface area (Å²) in [5.41, 5.74) is 0.833. The zero-order chi connectivity index (χ0) is 9.84. The summed E-state index contributed by atoms with van der Waals surface area (Å²) >= 11 is 3.16. The van der Waals surface area contributed by atoms with Crippen molar-refractivity contribution in [3.8, 4) is 5.75 Å². The Labute approximate surface area is 84.5 Å². The molecule has 1 aromatic rings. The second-order valence-electron chi connectivity index (χ2n) is 2.57. The number of phenols is 1. The molecular weight excluding hydrogens is 236 g/mol. The third-order valence-corrected chi connectivity index (χ3v) is 2.09. The molecule has 13 heavy (non-hydrogen) atoms. The van der Waals surface area contributed by atoms with Crippen molar-refractivity contribution < 1.29 is 14.6 Å². The number of aromatic hydroxyl groups is 1. The minimum atomic E-state index is -0.316. The second kappa shape index (κ2) is 4.28. The summed E-state index contributed by atoms with van der Waals surface area (Å²) in [4.78, 5) is 10.5. The van der Waals surface area contributed by atoms with Gasteiger partial charge in [0.1, 0.15) is 12.4 Å². The van der Waals surface area contributed by atoms with Gasteiger partial charge in [0.05, 0.1) is 4.47 Å². The van der Waals surface area contributed by atoms with Crippen molar-refractivity contribution >= 4 is 21.9 Å². The number of halogens is 1. The first-order valence-electron chi connectivity index (χ1n) is 3.70. The predicted molar refractivity (Wildman–Crippen MR) is 51.3 cm³/mol. The summed E-state index contributed by atoms with van der Waals surface area (Å²) in [6.45, 7) is 1.59. The first-order chi connectivity index (χ1) is 6.09. The van der Waals surface area contributed by atoms with Gasteiger partial charge in [0.2, 0.25) is 0 Å². The Hall–Kier alpha value is -1.03. The van der Waals surface area contributed by atoms with Crippen LogP contribution in [0.2, 0.25) is 0 Å². The van der Waals surface area contributed by atoms with Crippen molar-refractivity contribution in [1.29, 1.82) is 0 Å². The number of hydrogen-bond donors (Lipinski definition) is 1. The number of esters is 1. The van der Waals surface area contributed by atoms with E-state index in [2.05, 4.69) is 15.9 Å². The van der Waals surface area contributed by atoms with Gasteiger partial charge in [0, 0.05) is 6.92 Å². The lowest BCUT2D eigenvalue weighted by molar-refractivity contribution is -0.142. The molecule has 1 aromatic carbocycles. The Morgan fingerprint density at radius 3 is 2.85 bits per heavy atom. The van der Waals surface area contributed by atoms with Crippen molar-refractivity contribution in [1.82, 2.24) is 0 Å². The van der Waals surface area contributed by atoms with E-state index in [1.807, 2.05) is 0 Å². The molecule has 0 radical (unpaired) electrons. The van der Waals surface area contributed by atoms with E-state index < -0.39 is 0 Å². The Morgan fingerprint density at radius 1 is 1.62 bits per heavy atom. The van der Waals surface area contributed by atoms with Gasteiger partial charge in [0.15, 0.2) is 0 Å². The van der Waals surface area contributed by atoms with E-state index >= 15 is 0 Å². The molecular formula is C9H9BrO3. The average molecular weight is 245 g/mol. The lowest BCUT2D eigenvalue weighted by atomic mass is 10.2. The molecule has 0 unspecified atom stereocenters. The SMILES string of the molecule is CC(=O)OCc1ccc(O)c(Br)c1. The number of phenolic OH excluding ortho intramolecular Hbond substituents is 1. The largest absolute Gasteiger partial charge is 0.507 e. The Balaban J connectivity index is 2.68. The van der Waals surface area contributed by atoms with Crippen molar-refractivity contribution in [3.05, 3.63) is 28.2 Å². The van der Waals surface area contributed by atoms with Gasteiger partial charge in [-0.05, 0) is 33.6 Å². The summed E-state index contributed by atoms with van der Waals surface area (Å²) in [6.07, 6.45) is 0. The van der Waals surface area contributed by atoms with E-state index in [0.717, 1.165) is 5.56 Å². The highest BCUT2D eigenvalue weighted by Crippen LogP contribution is 2.24. The number of rotatable bonds is 2. The van der Waals surface area contributed by atoms with Gasteiger partial charge in [-0.1, -0.05) is 6.07 Å². The number of ether oxygens (including phenoxy) is 1. The van der Waals surface area contributed by atoms with Crippen LogP contribution in [0.3, 0.4) is 0 Å². The van der Waals surface area contributed by atoms with Gasteiger partial charge >= 0.3 is 5.97 Å². The van der Waals surface area contributed by atoms with E-state index in [0.29, 0.717) is 4.47 Å². The minimum Gasteiger partial charge on any atom is -0.507 e. The van der Waals surface area contributed by atoms with Gasteiger partial charge in [-0.2, -0.15) is 0 Å². The predicted octanol–water partition coefficient (Wildman–Crippen LogP) is 2.22. The lowest BCUT2D eigenvalue weighted by Crippen LogP contribution is -1.98. The van der Waals surface area contributed by atoms with Crippen LogP contribution in [-0.2, 0) is 16.1 Å². The first kappa shape index (κ1) is 10.1. The van der Waals surface area contributed by atoms with Gasteiger partial charge in [0.25, 0.3) is 0 Å². The van der Waals surface area contributed by atoms with Gasteiger partial charge in [-0.15, -0.1) is 0 Å². The van der Waals surface area contributed by atoms with Crippen LogP contribution in [0.15, 0.2) is 22.7 Å². The van der Waals surface area contributed by atoms with Crippen LogP contribution in [0, 0.1) is 0 Å². The Bertz CT molecular complexity index is 323. The number of hydrogen-bond acceptors (Lipinski definition) is 3. The fourth-order valence-corrected chi connectivity index (χ4v) is 1.25. The monoisotopic (exact) mass is 244 g/mol. The first-order valence-corrected chi connectivity index (χ1v) is 4.49. The molecule has 0 saturated carbocycles. The van der Waals surface area contributed by atoms with Crippen LogP contribution in [0.4, 0.5) is 0 Å². The van der Waals surface area contributed by atoms with Gasteiger partial charge < -0.3 is 9.84 Å². The standard InChI is InChI=1S/C9H9BrO3/c1-6(11)13-5-7-2-3-9(12)8(10)4-7/h2-4,12H,5H2,1H3. The molecule has 4 heteroatoms. The molecule has 0 saturated heterocycles. The van der Waals surface area contributed by atoms with Gasteiger partial charge in [-0.25, -0.2) is 0 Å². The van der Waals surface area contributed by atoms with E-state index in [1.54, 1.807) is 18.2 Å². The molecule has 0 aliphatic heterocycles. The van der Waals surface area contributed by atoms with Crippen LogP contribution in [0.1, 0.15) is 12.5 Å². The highest BCUT2D eigenvalue weighted by Gasteiger charge is 2.00. The van der Waals surface area contributed by atoms with Crippen molar-refractivity contribution in [2.24, 2.45) is 0 Å². The molecule has 70 valence electrons. The molecule has 3 nitrogen and oxygen atoms in total. The highest BCUT2D eigenvalue weighted by molar-refractivity contribution is 9.10. The summed E-state index contributed by atoms with van der Waals surface area (Å²) in [5, 5.41) is 9.17. The Kier molecular flexibility index (Phi) is 3.31. The molecule has 0 aliphatic rings. The molecule has 0 amide bonds. The summed E-state index contributed by atoms with van der Waals surface area (Å²) in [7, 11) is 0. The van der Waals surface area contributed by atoms with Crippen molar-refractivity contribution in [2.75, 3.05) is 0 Å². The summed E-state index contributed by atoms with van der Waals surface area (Å²) in [6, 6.07) is 4.95. The third-order valence-electron chi connectivity index (χ3n) is 1.45. The zero-order valence-corrected chi connectivity index (χ0v) is 8.67. The smallest absolute Gasteiger partial charge is 0.302 e. The fraction of sp³-hybridized carbons (Fsp3) is 0.222. The average Bonchev–Trinajstić information content (AvgIpc) is 2.07. The molecule has 0 bridgehead atoms. The number of carbonyl (C=O) groups is 1. The van der Waals surface area contributed by atoms with Crippen LogP contribution in [0.5, 0.6) is 5.75 Å². The maximum absolute atomic E-state index is 10.5. The maximum Gasteiger partial charge on any atom is 0.302 e. The van der Waals surface area contributed by atoms with Crippen LogP contribution < -0.4 is 0 Å². The molecule has 0 fully saturated rings. The minimum absolute atomic E-state index is 0.173. The molecule has 0 aromatic heterocycles. The third kappa shape index (κ3) is 3.06. The van der Waals surface area contributed by atoms with Crippen molar-refractivity contribution in [3.63, 3.8) is 0 Å². The number of carbonyl (C=O) groups excluding carboxylic acids is 1. The van der Waals surface area contributed by atoms with E-state index in [-0.39, 0.29) is 18.3 Å². The molecule has 0 heterocycles. The second-order valence-corrected chi connectivity index (χ2v) is 3.42. The molecule has 1 N–H and O–H groups in total. The summed E-state index contributed by atoms with van der Waals surface area (Å²) < 4.78 is 5.38. The number of benzene rings is 1. The normalized spacial score (nSPS) is 9.69. The van der Waals surface area contributed by atoms with Crippen LogP contribution in [0.25, 0.3) is 0 Å². The van der Waals surface area contributed by atoms with Gasteiger partial charge in [-0.3, -0.25) is 4.79 Å². The molecule has 0 atom stereocenters. The van der Waals surface area contributed by atoms with E-state index in [4.69, 9.17) is 9.84 Å². The molecule has 0 spiro atoms. The zero-order valence-electron chi connectivity index (χ0n) is 7.08. The molecule has 0 aliphatic carbocycles. The quantitative estimate of drug-likeness (QED) is 0.812. The van der Waals surface area contributed by atoms with Crippen LogP contribution in [-0.4, -0.2) is 11.1 Å². The highest BCUT2D eigenvalue weighted by atomic mass is 79.9. The summed E-state index contributed by atoms with van der Waals surface area (Å²) in [5.74, 6) is -0.143. The van der Waals surface area contributed by atoms with E-state index in [1.165, 1.54) is 6.92 Å². The topological polar surface area (TPSA) is 46.5 Å². The maximum atomic E-state index is 10.5. The molecule has 1 rings (SSSR count). The van der Waals surface area contributed by atoms with Crippen molar-refractivity contribution in [2.45, 2.75) is 13.5 Å². The van der Waals surface area contributed by atoms with E-state index in [9.17, 15) is 4.79 Å². The fourth-order valence-electron chi connectivity index (χ4n) is 0.825.